The lowest BCUT2D eigenvalue weighted by molar-refractivity contribution is -0.139. The Kier molecular flexibility index (Phi) is 8.94. The van der Waals surface area contributed by atoms with Crippen molar-refractivity contribution in [3.8, 4) is 0 Å². The summed E-state index contributed by atoms with van der Waals surface area (Å²) in [7, 11) is 0. The molecule has 2 rings (SSSR count). The Morgan fingerprint density at radius 3 is 2.68 bits per heavy atom. The number of morpholine rings is 1. The number of nitrogens with zero attached hydrogens (tertiary/aromatic N) is 1. The number of nitrogens with two attached hydrogens (primary N) is 1. The Balaban J connectivity index is 0.00000162. The molecule has 114 valence electrons. The molecule has 1 saturated heterocycles. The summed E-state index contributed by atoms with van der Waals surface area (Å²) in [5, 5.41) is 3.03. The number of ether oxygens (including phenoxy) is 1. The fraction of sp³-hybridized carbons (Fsp3) is 0.917. The monoisotopic (exact) mass is 313 g/mol. The van der Waals surface area contributed by atoms with E-state index in [1.807, 2.05) is 0 Å². The van der Waals surface area contributed by atoms with E-state index in [-0.39, 0.29) is 42.9 Å². The predicted octanol–water partition coefficient (Wildman–Crippen LogP) is 0.404. The normalized spacial score (nSPS) is 24.8. The van der Waals surface area contributed by atoms with E-state index >= 15 is 0 Å². The van der Waals surface area contributed by atoms with Crippen molar-refractivity contribution < 1.29 is 9.53 Å². The highest BCUT2D eigenvalue weighted by Gasteiger charge is 2.34. The number of halogens is 2. The number of likely N-dealkylation sites (N-methyl/N-ethyl adjacent to an activating group) is 1. The first-order valence-electron chi connectivity index (χ1n) is 6.59. The molecule has 1 saturated carbocycles. The van der Waals surface area contributed by atoms with E-state index in [0.717, 1.165) is 13.1 Å². The molecule has 5 nitrogen and oxygen atoms in total. The number of rotatable bonds is 5. The van der Waals surface area contributed by atoms with E-state index in [0.29, 0.717) is 25.6 Å². The number of hydrogen-bond donors (Lipinski definition) is 2. The number of hydrogen-bond acceptors (Lipinski definition) is 4. The first-order chi connectivity index (χ1) is 8.24. The molecule has 3 N–H and O–H groups in total. The van der Waals surface area contributed by atoms with Gasteiger partial charge in [-0.25, -0.2) is 0 Å². The van der Waals surface area contributed by atoms with Gasteiger partial charge in [0.25, 0.3) is 5.91 Å². The smallest absolute Gasteiger partial charge is 0.250 e. The van der Waals surface area contributed by atoms with Crippen LogP contribution in [0.1, 0.15) is 19.8 Å². The van der Waals surface area contributed by atoms with Gasteiger partial charge in [-0.05, 0) is 25.3 Å². The van der Waals surface area contributed by atoms with Crippen molar-refractivity contribution in [3.05, 3.63) is 0 Å². The van der Waals surface area contributed by atoms with Crippen LogP contribution in [-0.4, -0.2) is 55.7 Å². The third kappa shape index (κ3) is 5.44. The Bertz CT molecular complexity index is 278. The van der Waals surface area contributed by atoms with Crippen LogP contribution in [0, 0.1) is 5.92 Å². The molecule has 0 aromatic carbocycles. The summed E-state index contributed by atoms with van der Waals surface area (Å²) in [6.45, 7) is 5.86. The largest absolute Gasteiger partial charge is 0.366 e. The zero-order valence-corrected chi connectivity index (χ0v) is 13.0. The van der Waals surface area contributed by atoms with Gasteiger partial charge in [-0.3, -0.25) is 9.69 Å². The summed E-state index contributed by atoms with van der Waals surface area (Å²) in [6, 6.07) is 0.142. The van der Waals surface area contributed by atoms with E-state index in [1.54, 1.807) is 0 Å². The van der Waals surface area contributed by atoms with Gasteiger partial charge in [-0.1, -0.05) is 6.92 Å². The second-order valence-corrected chi connectivity index (χ2v) is 4.94. The molecule has 1 aliphatic carbocycles. The van der Waals surface area contributed by atoms with Gasteiger partial charge in [-0.2, -0.15) is 0 Å². The predicted molar refractivity (Wildman–Crippen MR) is 80.1 cm³/mol. The lowest BCUT2D eigenvalue weighted by Crippen LogP contribution is -2.53. The maximum Gasteiger partial charge on any atom is 0.250 e. The van der Waals surface area contributed by atoms with Gasteiger partial charge in [0.2, 0.25) is 0 Å². The van der Waals surface area contributed by atoms with Crippen molar-refractivity contribution in [3.63, 3.8) is 0 Å². The van der Waals surface area contributed by atoms with Gasteiger partial charge in [0.15, 0.2) is 0 Å². The van der Waals surface area contributed by atoms with Crippen molar-refractivity contribution in [2.45, 2.75) is 31.9 Å². The van der Waals surface area contributed by atoms with Crippen molar-refractivity contribution in [2.75, 3.05) is 32.8 Å². The van der Waals surface area contributed by atoms with Gasteiger partial charge < -0.3 is 15.8 Å². The molecule has 2 fully saturated rings. The van der Waals surface area contributed by atoms with Gasteiger partial charge in [-0.15, -0.1) is 24.8 Å². The first-order valence-corrected chi connectivity index (χ1v) is 6.59. The van der Waals surface area contributed by atoms with Crippen molar-refractivity contribution in [1.82, 2.24) is 10.2 Å². The van der Waals surface area contributed by atoms with Crippen molar-refractivity contribution >= 4 is 30.7 Å². The third-order valence-corrected chi connectivity index (χ3v) is 3.66. The maximum atomic E-state index is 12.0. The molecular weight excluding hydrogens is 289 g/mol. The molecule has 7 heteroatoms. The van der Waals surface area contributed by atoms with Crippen LogP contribution in [-0.2, 0) is 9.53 Å². The number of nitrogens with one attached hydrogen (secondary N) is 1. The lowest BCUT2D eigenvalue weighted by atomic mass is 10.1. The molecule has 1 amide bonds. The Hall–Kier alpha value is -0.0700. The Morgan fingerprint density at radius 1 is 1.47 bits per heavy atom. The number of carbonyl (C=O) groups excluding carboxylic acids is 1. The Labute approximate surface area is 127 Å². The van der Waals surface area contributed by atoms with E-state index in [1.165, 1.54) is 12.8 Å². The van der Waals surface area contributed by atoms with Gasteiger partial charge in [0, 0.05) is 25.7 Å². The highest BCUT2D eigenvalue weighted by molar-refractivity contribution is 5.85. The summed E-state index contributed by atoms with van der Waals surface area (Å²) in [5.41, 5.74) is 5.68. The first kappa shape index (κ1) is 18.9. The topological polar surface area (TPSA) is 67.6 Å². The van der Waals surface area contributed by atoms with Gasteiger partial charge in [0.1, 0.15) is 6.10 Å². The standard InChI is InChI=1S/C12H23N3O2.2ClH/c1-2-15-5-6-17-11(8-15)12(16)14-10(7-13)9-3-4-9;;/h9-11H,2-8,13H2,1H3,(H,14,16);2*1H. The molecule has 2 aliphatic rings. The summed E-state index contributed by atoms with van der Waals surface area (Å²) in [5.74, 6) is 0.598. The van der Waals surface area contributed by atoms with Gasteiger partial charge >= 0.3 is 0 Å². The van der Waals surface area contributed by atoms with Crippen LogP contribution in [0.4, 0.5) is 0 Å². The van der Waals surface area contributed by atoms with Crippen LogP contribution in [0.2, 0.25) is 0 Å². The second kappa shape index (κ2) is 8.97. The van der Waals surface area contributed by atoms with E-state index in [2.05, 4.69) is 17.1 Å². The van der Waals surface area contributed by atoms with Crippen LogP contribution in [0.3, 0.4) is 0 Å². The minimum Gasteiger partial charge on any atom is -0.366 e. The summed E-state index contributed by atoms with van der Waals surface area (Å²) >= 11 is 0. The van der Waals surface area contributed by atoms with E-state index in [4.69, 9.17) is 10.5 Å². The van der Waals surface area contributed by atoms with E-state index in [9.17, 15) is 4.79 Å². The highest BCUT2D eigenvalue weighted by atomic mass is 35.5. The summed E-state index contributed by atoms with van der Waals surface area (Å²) < 4.78 is 5.52. The second-order valence-electron chi connectivity index (χ2n) is 4.94. The fourth-order valence-corrected chi connectivity index (χ4v) is 2.29. The minimum absolute atomic E-state index is 0. The molecule has 1 aliphatic heterocycles. The van der Waals surface area contributed by atoms with Crippen LogP contribution >= 0.6 is 24.8 Å². The highest BCUT2D eigenvalue weighted by Crippen LogP contribution is 2.32. The average Bonchev–Trinajstić information content (AvgIpc) is 3.20. The average molecular weight is 314 g/mol. The van der Waals surface area contributed by atoms with Crippen LogP contribution < -0.4 is 11.1 Å². The van der Waals surface area contributed by atoms with Crippen LogP contribution in [0.15, 0.2) is 0 Å². The number of carbonyl (C=O) groups is 1. The third-order valence-electron chi connectivity index (χ3n) is 3.66. The molecule has 1 heterocycles. The maximum absolute atomic E-state index is 12.0. The molecule has 2 unspecified atom stereocenters. The van der Waals surface area contributed by atoms with E-state index < -0.39 is 0 Å². The molecule has 0 aromatic heterocycles. The fourth-order valence-electron chi connectivity index (χ4n) is 2.29. The molecular formula is C12H25Cl2N3O2. The zero-order valence-electron chi connectivity index (χ0n) is 11.3. The molecule has 0 spiro atoms. The van der Waals surface area contributed by atoms with Crippen LogP contribution in [0.25, 0.3) is 0 Å². The molecule has 0 aromatic rings. The number of amides is 1. The summed E-state index contributed by atoms with van der Waals surface area (Å²) in [4.78, 5) is 14.3. The quantitative estimate of drug-likeness (QED) is 0.771. The minimum atomic E-state index is -0.323. The molecule has 0 bridgehead atoms. The SMILES string of the molecule is CCN1CCOC(C(=O)NC(CN)C2CC2)C1.Cl.Cl. The lowest BCUT2D eigenvalue weighted by Gasteiger charge is -2.32. The summed E-state index contributed by atoms with van der Waals surface area (Å²) in [6.07, 6.45) is 2.06. The zero-order chi connectivity index (χ0) is 12.3. The van der Waals surface area contributed by atoms with Crippen molar-refractivity contribution in [2.24, 2.45) is 11.7 Å². The Morgan fingerprint density at radius 2 is 2.16 bits per heavy atom. The van der Waals surface area contributed by atoms with Crippen molar-refractivity contribution in [1.29, 1.82) is 0 Å². The molecule has 0 radical (unpaired) electrons. The molecule has 2 atom stereocenters. The molecule has 19 heavy (non-hydrogen) atoms. The van der Waals surface area contributed by atoms with Crippen LogP contribution in [0.5, 0.6) is 0 Å². The van der Waals surface area contributed by atoms with Gasteiger partial charge in [0.05, 0.1) is 6.61 Å².